The molecule has 18 heavy (non-hydrogen) atoms. The number of sulfonamides is 1. The lowest BCUT2D eigenvalue weighted by Gasteiger charge is -2.23. The van der Waals surface area contributed by atoms with Crippen LogP contribution in [-0.4, -0.2) is 37.6 Å². The second-order valence-electron chi connectivity index (χ2n) is 4.17. The molecule has 0 radical (unpaired) electrons. The molecule has 0 aliphatic rings. The van der Waals surface area contributed by atoms with Crippen LogP contribution in [0.4, 0.5) is 0 Å². The van der Waals surface area contributed by atoms with E-state index in [2.05, 4.69) is 5.32 Å². The number of hydrogen-bond donors (Lipinski definition) is 1. The first-order valence-corrected chi connectivity index (χ1v) is 7.74. The highest BCUT2D eigenvalue weighted by Gasteiger charge is 2.27. The quantitative estimate of drug-likeness (QED) is 0.779. The summed E-state index contributed by atoms with van der Waals surface area (Å²) in [5.41, 5.74) is 0. The van der Waals surface area contributed by atoms with Crippen molar-refractivity contribution in [2.45, 2.75) is 32.6 Å². The van der Waals surface area contributed by atoms with Gasteiger partial charge in [0, 0.05) is 13.1 Å². The van der Waals surface area contributed by atoms with Crippen molar-refractivity contribution < 1.29 is 12.8 Å². The van der Waals surface area contributed by atoms with Crippen molar-refractivity contribution in [3.63, 3.8) is 0 Å². The lowest BCUT2D eigenvalue weighted by molar-refractivity contribution is 0.370. The van der Waals surface area contributed by atoms with Crippen molar-refractivity contribution in [3.05, 3.63) is 24.2 Å². The molecule has 1 N–H and O–H groups in total. The average Bonchev–Trinajstić information content (AvgIpc) is 2.85. The van der Waals surface area contributed by atoms with Crippen molar-refractivity contribution in [2.75, 3.05) is 19.6 Å². The molecule has 0 saturated heterocycles. The second-order valence-corrected chi connectivity index (χ2v) is 6.52. The summed E-state index contributed by atoms with van der Waals surface area (Å²) in [6.07, 6.45) is 1.55. The minimum atomic E-state index is -3.29. The van der Waals surface area contributed by atoms with Crippen LogP contribution < -0.4 is 5.32 Å². The van der Waals surface area contributed by atoms with Crippen molar-refractivity contribution in [3.8, 4) is 0 Å². The molecule has 5 nitrogen and oxygen atoms in total. The van der Waals surface area contributed by atoms with Gasteiger partial charge < -0.3 is 9.73 Å². The Kier molecular flexibility index (Phi) is 5.84. The molecule has 1 rings (SSSR count). The molecule has 0 spiro atoms. The molecule has 1 heterocycles. The van der Waals surface area contributed by atoms with E-state index in [1.54, 1.807) is 25.3 Å². The molecule has 0 bridgehead atoms. The number of rotatable bonds is 8. The van der Waals surface area contributed by atoms with Crippen LogP contribution in [0.2, 0.25) is 0 Å². The molecule has 0 aromatic carbocycles. The Balaban J connectivity index is 2.73. The van der Waals surface area contributed by atoms with E-state index < -0.39 is 15.3 Å². The molecule has 1 atom stereocenters. The Morgan fingerprint density at radius 1 is 1.44 bits per heavy atom. The minimum absolute atomic E-state index is 0.294. The fourth-order valence-corrected chi connectivity index (χ4v) is 3.17. The highest BCUT2D eigenvalue weighted by Crippen LogP contribution is 2.13. The van der Waals surface area contributed by atoms with E-state index in [0.29, 0.717) is 25.4 Å². The molecular weight excluding hydrogens is 252 g/mol. The summed E-state index contributed by atoms with van der Waals surface area (Å²) in [7, 11) is -3.29. The van der Waals surface area contributed by atoms with Crippen molar-refractivity contribution in [2.24, 2.45) is 0 Å². The molecule has 0 aliphatic heterocycles. The van der Waals surface area contributed by atoms with Crippen LogP contribution in [0.5, 0.6) is 0 Å². The molecule has 1 unspecified atom stereocenters. The van der Waals surface area contributed by atoms with Gasteiger partial charge in [-0.15, -0.1) is 0 Å². The van der Waals surface area contributed by atoms with Gasteiger partial charge in [0.1, 0.15) is 5.76 Å². The predicted molar refractivity (Wildman–Crippen MR) is 71.7 cm³/mol. The van der Waals surface area contributed by atoms with Gasteiger partial charge in [-0.05, 0) is 25.6 Å². The van der Waals surface area contributed by atoms with Crippen LogP contribution in [0.25, 0.3) is 0 Å². The fraction of sp³-hybridized carbons (Fsp3) is 0.667. The molecule has 6 heteroatoms. The maximum absolute atomic E-state index is 12.3. The highest BCUT2D eigenvalue weighted by atomic mass is 32.2. The van der Waals surface area contributed by atoms with Gasteiger partial charge in [-0.2, -0.15) is 4.31 Å². The summed E-state index contributed by atoms with van der Waals surface area (Å²) in [6, 6.07) is 3.55. The third-order valence-corrected chi connectivity index (χ3v) is 5.11. The van der Waals surface area contributed by atoms with Crippen LogP contribution in [0.3, 0.4) is 0 Å². The van der Waals surface area contributed by atoms with E-state index >= 15 is 0 Å². The first-order chi connectivity index (χ1) is 8.52. The first-order valence-electron chi connectivity index (χ1n) is 6.24. The van der Waals surface area contributed by atoms with Crippen molar-refractivity contribution in [1.82, 2.24) is 9.62 Å². The first kappa shape index (κ1) is 15.2. The minimum Gasteiger partial charge on any atom is -0.468 e. The van der Waals surface area contributed by atoms with Gasteiger partial charge in [-0.3, -0.25) is 0 Å². The zero-order valence-corrected chi connectivity index (χ0v) is 12.0. The summed E-state index contributed by atoms with van der Waals surface area (Å²) >= 11 is 0. The fourth-order valence-electron chi connectivity index (χ4n) is 1.67. The Bertz CT molecular complexity index is 428. The van der Waals surface area contributed by atoms with Gasteiger partial charge in [0.05, 0.1) is 18.1 Å². The van der Waals surface area contributed by atoms with E-state index in [0.717, 1.165) is 6.54 Å². The Hall–Kier alpha value is -0.850. The second kappa shape index (κ2) is 6.92. The SMILES string of the molecule is CCNCC(C)S(=O)(=O)N(CC)Cc1ccco1. The van der Waals surface area contributed by atoms with Gasteiger partial charge in [-0.25, -0.2) is 8.42 Å². The summed E-state index contributed by atoms with van der Waals surface area (Å²) in [6.45, 7) is 7.49. The molecule has 0 aliphatic carbocycles. The van der Waals surface area contributed by atoms with E-state index in [1.165, 1.54) is 4.31 Å². The summed E-state index contributed by atoms with van der Waals surface area (Å²) in [5.74, 6) is 0.663. The van der Waals surface area contributed by atoms with Crippen LogP contribution >= 0.6 is 0 Å². The molecule has 104 valence electrons. The molecule has 0 saturated carbocycles. The lowest BCUT2D eigenvalue weighted by Crippen LogP contribution is -2.41. The van der Waals surface area contributed by atoms with Gasteiger partial charge in [0.15, 0.2) is 0 Å². The maximum atomic E-state index is 12.3. The van der Waals surface area contributed by atoms with Gasteiger partial charge in [-0.1, -0.05) is 13.8 Å². The molecule has 1 aromatic heterocycles. The summed E-state index contributed by atoms with van der Waals surface area (Å²) in [4.78, 5) is 0. The number of hydrogen-bond acceptors (Lipinski definition) is 4. The van der Waals surface area contributed by atoms with E-state index in [1.807, 2.05) is 13.8 Å². The average molecular weight is 274 g/mol. The maximum Gasteiger partial charge on any atom is 0.218 e. The Morgan fingerprint density at radius 2 is 2.17 bits per heavy atom. The van der Waals surface area contributed by atoms with Crippen LogP contribution in [-0.2, 0) is 16.6 Å². The van der Waals surface area contributed by atoms with Gasteiger partial charge in [0.25, 0.3) is 0 Å². The largest absolute Gasteiger partial charge is 0.468 e. The zero-order chi connectivity index (χ0) is 13.6. The molecule has 0 amide bonds. The number of nitrogens with zero attached hydrogens (tertiary/aromatic N) is 1. The third-order valence-electron chi connectivity index (χ3n) is 2.82. The molecular formula is C12H22N2O3S. The highest BCUT2D eigenvalue weighted by molar-refractivity contribution is 7.89. The number of nitrogens with one attached hydrogen (secondary N) is 1. The topological polar surface area (TPSA) is 62.6 Å². The lowest BCUT2D eigenvalue weighted by atomic mass is 10.4. The smallest absolute Gasteiger partial charge is 0.218 e. The van der Waals surface area contributed by atoms with Crippen LogP contribution in [0.1, 0.15) is 26.5 Å². The van der Waals surface area contributed by atoms with E-state index in [4.69, 9.17) is 4.42 Å². The van der Waals surface area contributed by atoms with Gasteiger partial charge >= 0.3 is 0 Å². The summed E-state index contributed by atoms with van der Waals surface area (Å²) < 4.78 is 31.3. The zero-order valence-electron chi connectivity index (χ0n) is 11.2. The van der Waals surface area contributed by atoms with E-state index in [9.17, 15) is 8.42 Å². The van der Waals surface area contributed by atoms with Crippen LogP contribution in [0, 0.1) is 0 Å². The summed E-state index contributed by atoms with van der Waals surface area (Å²) in [5, 5.41) is 2.63. The Morgan fingerprint density at radius 3 is 2.67 bits per heavy atom. The van der Waals surface area contributed by atoms with Crippen molar-refractivity contribution >= 4 is 10.0 Å². The molecule has 0 fully saturated rings. The third kappa shape index (κ3) is 3.83. The van der Waals surface area contributed by atoms with Crippen LogP contribution in [0.15, 0.2) is 22.8 Å². The molecule has 1 aromatic rings. The predicted octanol–water partition coefficient (Wildman–Crippen LogP) is 1.43. The van der Waals surface area contributed by atoms with Crippen molar-refractivity contribution in [1.29, 1.82) is 0 Å². The Labute approximate surface area is 109 Å². The van der Waals surface area contributed by atoms with E-state index in [-0.39, 0.29) is 0 Å². The standard InChI is InChI=1S/C12H22N2O3S/c1-4-13-9-11(3)18(15,16)14(5-2)10-12-7-6-8-17-12/h6-8,11,13H,4-5,9-10H2,1-3H3. The monoisotopic (exact) mass is 274 g/mol. The number of furan rings is 1. The van der Waals surface area contributed by atoms with Gasteiger partial charge in [0.2, 0.25) is 10.0 Å². The normalized spacial score (nSPS) is 14.0.